The molecular formula is C10H15ClN6O3S. The van der Waals surface area contributed by atoms with E-state index in [1.54, 1.807) is 13.8 Å². The van der Waals surface area contributed by atoms with Crippen molar-refractivity contribution in [2.75, 3.05) is 17.7 Å². The van der Waals surface area contributed by atoms with E-state index >= 15 is 0 Å². The number of anilines is 1. The van der Waals surface area contributed by atoms with E-state index in [0.717, 1.165) is 11.3 Å². The van der Waals surface area contributed by atoms with Gasteiger partial charge in [-0.25, -0.2) is 4.79 Å². The molecule has 0 aromatic carbocycles. The number of carbonyl (C=O) groups excluding carboxylic acids is 2. The third-order valence-electron chi connectivity index (χ3n) is 2.45. The Morgan fingerprint density at radius 2 is 2.24 bits per heavy atom. The molecule has 0 unspecified atom stereocenters. The van der Waals surface area contributed by atoms with Crippen molar-refractivity contribution in [3.05, 3.63) is 10.4 Å². The predicted octanol–water partition coefficient (Wildman–Crippen LogP) is 1.43. The van der Waals surface area contributed by atoms with Crippen LogP contribution in [0.5, 0.6) is 0 Å². The van der Waals surface area contributed by atoms with Crippen molar-refractivity contribution in [3.63, 3.8) is 0 Å². The molecule has 0 saturated carbocycles. The molecule has 0 saturated heterocycles. The summed E-state index contributed by atoms with van der Waals surface area (Å²) in [7, 11) is 0. The van der Waals surface area contributed by atoms with Gasteiger partial charge in [-0.1, -0.05) is 25.2 Å². The first kappa shape index (κ1) is 17.2. The van der Waals surface area contributed by atoms with Gasteiger partial charge in [-0.15, -0.1) is 26.7 Å². The monoisotopic (exact) mass is 334 g/mol. The van der Waals surface area contributed by atoms with Crippen LogP contribution in [-0.2, 0) is 4.79 Å². The van der Waals surface area contributed by atoms with Gasteiger partial charge in [0.2, 0.25) is 11.0 Å². The van der Waals surface area contributed by atoms with Gasteiger partial charge in [0.1, 0.15) is 11.6 Å². The Kier molecular flexibility index (Phi) is 6.96. The molecular weight excluding hydrogens is 320 g/mol. The Bertz CT molecular complexity index is 483. The van der Waals surface area contributed by atoms with E-state index in [-0.39, 0.29) is 18.3 Å². The van der Waals surface area contributed by atoms with E-state index in [1.165, 1.54) is 5.51 Å². The SMILES string of the molecule is CC(C)[C@@H](NC(=O)N(CCCl)N=O)C(=O)Nc1nncs1. The number of nitroso groups, excluding NO2 is 1. The van der Waals surface area contributed by atoms with Gasteiger partial charge in [0.25, 0.3) is 0 Å². The second-order valence-corrected chi connectivity index (χ2v) is 5.51. The molecule has 0 radical (unpaired) electrons. The zero-order valence-electron chi connectivity index (χ0n) is 11.4. The highest BCUT2D eigenvalue weighted by Gasteiger charge is 2.27. The third-order valence-corrected chi connectivity index (χ3v) is 3.22. The highest BCUT2D eigenvalue weighted by molar-refractivity contribution is 7.13. The fourth-order valence-corrected chi connectivity index (χ4v) is 2.02. The average Bonchev–Trinajstić information content (AvgIpc) is 2.94. The van der Waals surface area contributed by atoms with Crippen molar-refractivity contribution in [2.45, 2.75) is 19.9 Å². The molecule has 0 aliphatic carbocycles. The van der Waals surface area contributed by atoms with Gasteiger partial charge in [-0.3, -0.25) is 10.1 Å². The Morgan fingerprint density at radius 3 is 2.71 bits per heavy atom. The van der Waals surface area contributed by atoms with Crippen LogP contribution >= 0.6 is 22.9 Å². The summed E-state index contributed by atoms with van der Waals surface area (Å²) in [6.07, 6.45) is 0. The Morgan fingerprint density at radius 1 is 1.52 bits per heavy atom. The van der Waals surface area contributed by atoms with Crippen LogP contribution in [0.1, 0.15) is 13.8 Å². The first-order valence-electron chi connectivity index (χ1n) is 6.03. The van der Waals surface area contributed by atoms with Gasteiger partial charge in [0.05, 0.1) is 11.8 Å². The highest BCUT2D eigenvalue weighted by atomic mass is 35.5. The molecule has 0 bridgehead atoms. The van der Waals surface area contributed by atoms with Gasteiger partial charge >= 0.3 is 6.03 Å². The topological polar surface area (TPSA) is 117 Å². The number of nitrogens with one attached hydrogen (secondary N) is 2. The number of nitrogens with zero attached hydrogens (tertiary/aromatic N) is 4. The second-order valence-electron chi connectivity index (χ2n) is 4.30. The van der Waals surface area contributed by atoms with Crippen LogP contribution < -0.4 is 10.6 Å². The molecule has 21 heavy (non-hydrogen) atoms. The Labute approximate surface area is 130 Å². The second kappa shape index (κ2) is 8.47. The number of hydrogen-bond acceptors (Lipinski definition) is 7. The number of aromatic nitrogens is 2. The van der Waals surface area contributed by atoms with E-state index in [9.17, 15) is 14.5 Å². The van der Waals surface area contributed by atoms with Crippen LogP contribution in [0.15, 0.2) is 10.8 Å². The van der Waals surface area contributed by atoms with Gasteiger partial charge in [0.15, 0.2) is 0 Å². The minimum Gasteiger partial charge on any atom is -0.324 e. The van der Waals surface area contributed by atoms with Crippen LogP contribution in [0.2, 0.25) is 0 Å². The van der Waals surface area contributed by atoms with Crippen molar-refractivity contribution >= 4 is 40.0 Å². The standard InChI is InChI=1S/C10H15ClN6O3S/c1-6(2)7(8(18)14-9-15-12-5-21-9)13-10(19)17(16-20)4-3-11/h5-7H,3-4H2,1-2H3,(H,13,19)(H,14,15,18)/t7-/m1/s1. The van der Waals surface area contributed by atoms with Crippen molar-refractivity contribution in [1.29, 1.82) is 0 Å². The van der Waals surface area contributed by atoms with Crippen LogP contribution in [0, 0.1) is 10.8 Å². The maximum atomic E-state index is 12.1. The first-order valence-corrected chi connectivity index (χ1v) is 7.45. The predicted molar refractivity (Wildman–Crippen MR) is 78.9 cm³/mol. The average molecular weight is 335 g/mol. The summed E-state index contributed by atoms with van der Waals surface area (Å²) in [4.78, 5) is 34.5. The lowest BCUT2D eigenvalue weighted by Crippen LogP contribution is -2.50. The van der Waals surface area contributed by atoms with Crippen LogP contribution in [0.25, 0.3) is 0 Å². The zero-order chi connectivity index (χ0) is 15.8. The molecule has 1 rings (SSSR count). The largest absolute Gasteiger partial charge is 0.341 e. The summed E-state index contributed by atoms with van der Waals surface area (Å²) in [6, 6.07) is -1.63. The summed E-state index contributed by atoms with van der Waals surface area (Å²) in [5.41, 5.74) is 1.47. The first-order chi connectivity index (χ1) is 9.99. The molecule has 9 nitrogen and oxygen atoms in total. The lowest BCUT2D eigenvalue weighted by atomic mass is 10.0. The van der Waals surface area contributed by atoms with Crippen molar-refractivity contribution in [1.82, 2.24) is 20.5 Å². The van der Waals surface area contributed by atoms with Gasteiger partial charge in [-0.2, -0.15) is 5.01 Å². The summed E-state index contributed by atoms with van der Waals surface area (Å²) in [5, 5.41) is 15.8. The van der Waals surface area contributed by atoms with Crippen LogP contribution in [0.4, 0.5) is 9.93 Å². The van der Waals surface area contributed by atoms with E-state index in [4.69, 9.17) is 11.6 Å². The molecule has 0 aliphatic rings. The normalized spacial score (nSPS) is 11.8. The fourth-order valence-electron chi connectivity index (χ4n) is 1.41. The fraction of sp³-hybridized carbons (Fsp3) is 0.600. The number of hydrogen-bond donors (Lipinski definition) is 2. The molecule has 1 aromatic heterocycles. The molecule has 3 amide bonds. The number of carbonyl (C=O) groups is 2. The lowest BCUT2D eigenvalue weighted by Gasteiger charge is -2.22. The number of urea groups is 1. The summed E-state index contributed by atoms with van der Waals surface area (Å²) in [5.74, 6) is -0.596. The molecule has 1 atom stereocenters. The minimum atomic E-state index is -0.846. The lowest BCUT2D eigenvalue weighted by molar-refractivity contribution is -0.118. The molecule has 11 heteroatoms. The van der Waals surface area contributed by atoms with Gasteiger partial charge in [0, 0.05) is 5.88 Å². The highest BCUT2D eigenvalue weighted by Crippen LogP contribution is 2.11. The maximum absolute atomic E-state index is 12.1. The van der Waals surface area contributed by atoms with E-state index in [2.05, 4.69) is 26.1 Å². The maximum Gasteiger partial charge on any atom is 0.341 e. The molecule has 2 N–H and O–H groups in total. The quantitative estimate of drug-likeness (QED) is 0.444. The molecule has 116 valence electrons. The minimum absolute atomic E-state index is 0.0419. The number of amides is 3. The van der Waals surface area contributed by atoms with Gasteiger partial charge in [-0.05, 0) is 5.92 Å². The van der Waals surface area contributed by atoms with Crippen LogP contribution in [-0.4, -0.2) is 45.6 Å². The van der Waals surface area contributed by atoms with E-state index in [0.29, 0.717) is 10.1 Å². The Balaban J connectivity index is 2.70. The molecule has 0 aliphatic heterocycles. The smallest absolute Gasteiger partial charge is 0.324 e. The molecule has 0 spiro atoms. The number of halogens is 1. The number of alkyl halides is 1. The van der Waals surface area contributed by atoms with Crippen molar-refractivity contribution in [2.24, 2.45) is 11.2 Å². The number of rotatable bonds is 7. The Hall–Kier alpha value is -1.81. The van der Waals surface area contributed by atoms with Crippen molar-refractivity contribution in [3.8, 4) is 0 Å². The molecule has 0 fully saturated rings. The van der Waals surface area contributed by atoms with E-state index < -0.39 is 18.0 Å². The molecule has 1 heterocycles. The van der Waals surface area contributed by atoms with E-state index in [1.807, 2.05) is 0 Å². The zero-order valence-corrected chi connectivity index (χ0v) is 13.0. The summed E-state index contributed by atoms with van der Waals surface area (Å²) < 4.78 is 0. The summed E-state index contributed by atoms with van der Waals surface area (Å²) in [6.45, 7) is 3.47. The summed E-state index contributed by atoms with van der Waals surface area (Å²) >= 11 is 6.62. The van der Waals surface area contributed by atoms with Gasteiger partial charge < -0.3 is 5.32 Å². The third kappa shape index (κ3) is 5.23. The van der Waals surface area contributed by atoms with Crippen LogP contribution in [0.3, 0.4) is 0 Å². The molecule has 1 aromatic rings. The van der Waals surface area contributed by atoms with Crippen molar-refractivity contribution < 1.29 is 9.59 Å².